The average Bonchev–Trinajstić information content (AvgIpc) is 2.98. The van der Waals surface area contributed by atoms with Crippen molar-refractivity contribution in [1.82, 2.24) is 5.32 Å². The Balaban J connectivity index is 1.99. The molecule has 142 valence electrons. The van der Waals surface area contributed by atoms with E-state index in [1.807, 2.05) is 13.0 Å². The number of benzene rings is 2. The summed E-state index contributed by atoms with van der Waals surface area (Å²) in [5.74, 6) is 1.21. The maximum absolute atomic E-state index is 13.1. The lowest BCUT2D eigenvalue weighted by molar-refractivity contribution is -0.137. The number of alkyl halides is 3. The second kappa shape index (κ2) is 8.08. The Bertz CT molecular complexity index is 850. The lowest BCUT2D eigenvalue weighted by Crippen LogP contribution is -2.14. The first-order chi connectivity index (χ1) is 12.9. The molecule has 1 heterocycles. The van der Waals surface area contributed by atoms with Crippen molar-refractivity contribution in [2.45, 2.75) is 19.2 Å². The van der Waals surface area contributed by atoms with Crippen molar-refractivity contribution < 1.29 is 22.7 Å². The fourth-order valence-corrected chi connectivity index (χ4v) is 3.23. The van der Waals surface area contributed by atoms with Gasteiger partial charge in [-0.1, -0.05) is 49.4 Å². The molecule has 0 amide bonds. The third kappa shape index (κ3) is 4.30. The summed E-state index contributed by atoms with van der Waals surface area (Å²) in [6.45, 7) is 1.99. The van der Waals surface area contributed by atoms with Crippen LogP contribution in [0.1, 0.15) is 29.7 Å². The van der Waals surface area contributed by atoms with Gasteiger partial charge in [-0.25, -0.2) is 0 Å². The van der Waals surface area contributed by atoms with Crippen LogP contribution < -0.4 is 5.32 Å². The highest BCUT2D eigenvalue weighted by Gasteiger charge is 2.38. The van der Waals surface area contributed by atoms with Crippen LogP contribution in [0, 0.1) is 0 Å². The van der Waals surface area contributed by atoms with Gasteiger partial charge in [-0.05, 0) is 23.4 Å². The summed E-state index contributed by atoms with van der Waals surface area (Å²) in [5, 5.41) is 3.04. The summed E-state index contributed by atoms with van der Waals surface area (Å²) >= 11 is 1.58. The average molecular weight is 393 g/mol. The van der Waals surface area contributed by atoms with Gasteiger partial charge >= 0.3 is 6.18 Å². The smallest absolute Gasteiger partial charge is 0.416 e. The molecule has 1 aliphatic rings. The molecule has 0 saturated carbocycles. The molecular formula is C20H18F3NO2S. The van der Waals surface area contributed by atoms with Crippen LogP contribution >= 0.6 is 11.8 Å². The predicted octanol–water partition coefficient (Wildman–Crippen LogP) is 5.01. The number of ketones is 1. The van der Waals surface area contributed by atoms with Crippen LogP contribution in [-0.2, 0) is 15.7 Å². The van der Waals surface area contributed by atoms with E-state index in [2.05, 4.69) is 5.32 Å². The van der Waals surface area contributed by atoms with E-state index in [-0.39, 0.29) is 22.8 Å². The van der Waals surface area contributed by atoms with E-state index in [9.17, 15) is 18.0 Å². The summed E-state index contributed by atoms with van der Waals surface area (Å²) in [5.41, 5.74) is 0.196. The molecule has 0 bridgehead atoms. The SMILES string of the molecule is CCSCNC1=C(c2cccc(C(F)(F)F)c2)C(=O)C(c2ccccc2)O1. The maximum atomic E-state index is 13.1. The molecule has 1 unspecified atom stereocenters. The molecule has 3 rings (SSSR count). The lowest BCUT2D eigenvalue weighted by Gasteiger charge is -2.12. The number of halogens is 3. The first-order valence-corrected chi connectivity index (χ1v) is 9.56. The molecule has 1 atom stereocenters. The number of hydrogen-bond acceptors (Lipinski definition) is 4. The van der Waals surface area contributed by atoms with Gasteiger partial charge in [0.05, 0.1) is 17.0 Å². The molecule has 0 spiro atoms. The van der Waals surface area contributed by atoms with Crippen molar-refractivity contribution >= 4 is 23.1 Å². The van der Waals surface area contributed by atoms with Gasteiger partial charge in [-0.2, -0.15) is 13.2 Å². The minimum absolute atomic E-state index is 0.145. The van der Waals surface area contributed by atoms with E-state index in [1.54, 1.807) is 36.0 Å². The van der Waals surface area contributed by atoms with Gasteiger partial charge in [-0.15, -0.1) is 11.8 Å². The molecule has 0 aromatic heterocycles. The fourth-order valence-electron chi connectivity index (χ4n) is 2.79. The number of carbonyl (C=O) groups excluding carboxylic acids is 1. The normalized spacial score (nSPS) is 17.2. The highest BCUT2D eigenvalue weighted by Crippen LogP contribution is 2.39. The number of thioether (sulfide) groups is 1. The van der Waals surface area contributed by atoms with Gasteiger partial charge < -0.3 is 10.1 Å². The Morgan fingerprint density at radius 3 is 2.52 bits per heavy atom. The van der Waals surface area contributed by atoms with Gasteiger partial charge in [-0.3, -0.25) is 4.79 Å². The predicted molar refractivity (Wildman–Crippen MR) is 99.8 cm³/mol. The molecule has 0 aliphatic carbocycles. The van der Waals surface area contributed by atoms with Crippen LogP contribution in [0.3, 0.4) is 0 Å². The fraction of sp³-hybridized carbons (Fsp3) is 0.250. The van der Waals surface area contributed by atoms with Crippen molar-refractivity contribution in [3.63, 3.8) is 0 Å². The molecule has 2 aromatic rings. The van der Waals surface area contributed by atoms with Gasteiger partial charge in [0.15, 0.2) is 12.0 Å². The van der Waals surface area contributed by atoms with Crippen LogP contribution in [0.4, 0.5) is 13.2 Å². The van der Waals surface area contributed by atoms with E-state index in [4.69, 9.17) is 4.74 Å². The second-order valence-electron chi connectivity index (χ2n) is 5.87. The Morgan fingerprint density at radius 2 is 1.85 bits per heavy atom. The lowest BCUT2D eigenvalue weighted by atomic mass is 9.96. The van der Waals surface area contributed by atoms with E-state index in [1.165, 1.54) is 12.1 Å². The molecule has 7 heteroatoms. The van der Waals surface area contributed by atoms with Gasteiger partial charge in [0.2, 0.25) is 5.78 Å². The Kier molecular flexibility index (Phi) is 5.79. The van der Waals surface area contributed by atoms with E-state index >= 15 is 0 Å². The van der Waals surface area contributed by atoms with Crippen LogP contribution in [0.25, 0.3) is 5.57 Å². The topological polar surface area (TPSA) is 38.3 Å². The number of nitrogens with one attached hydrogen (secondary N) is 1. The van der Waals surface area contributed by atoms with Crippen molar-refractivity contribution in [2.24, 2.45) is 0 Å². The largest absolute Gasteiger partial charge is 0.462 e. The maximum Gasteiger partial charge on any atom is 0.416 e. The molecule has 0 radical (unpaired) electrons. The van der Waals surface area contributed by atoms with Gasteiger partial charge in [0.25, 0.3) is 0 Å². The highest BCUT2D eigenvalue weighted by atomic mass is 32.2. The summed E-state index contributed by atoms with van der Waals surface area (Å²) in [6, 6.07) is 13.7. The third-order valence-corrected chi connectivity index (χ3v) is 4.82. The minimum atomic E-state index is -4.48. The summed E-state index contributed by atoms with van der Waals surface area (Å²) in [7, 11) is 0. The molecule has 0 saturated heterocycles. The number of hydrogen-bond donors (Lipinski definition) is 1. The first kappa shape index (κ1) is 19.4. The standard InChI is InChI=1S/C20H18F3NO2S/c1-2-27-12-24-19-16(14-9-6-10-15(11-14)20(21,22)23)17(25)18(26-19)13-7-4-3-5-8-13/h3-11,18,24H,2,12H2,1H3. The number of ether oxygens (including phenoxy) is 1. The third-order valence-electron chi connectivity index (χ3n) is 4.07. The second-order valence-corrected chi connectivity index (χ2v) is 7.14. The van der Waals surface area contributed by atoms with Gasteiger partial charge in [0, 0.05) is 5.56 Å². The van der Waals surface area contributed by atoms with E-state index < -0.39 is 17.8 Å². The Morgan fingerprint density at radius 1 is 1.11 bits per heavy atom. The molecule has 2 aromatic carbocycles. The van der Waals surface area contributed by atoms with E-state index in [0.29, 0.717) is 11.4 Å². The number of carbonyl (C=O) groups is 1. The zero-order valence-electron chi connectivity index (χ0n) is 14.5. The number of Topliss-reactive ketones (excluding diaryl/α,β-unsaturated/α-hetero) is 1. The van der Waals surface area contributed by atoms with E-state index in [0.717, 1.165) is 17.9 Å². The summed E-state index contributed by atoms with van der Waals surface area (Å²) in [6.07, 6.45) is -5.35. The molecule has 0 fully saturated rings. The quantitative estimate of drug-likeness (QED) is 0.553. The van der Waals surface area contributed by atoms with Crippen molar-refractivity contribution in [3.8, 4) is 0 Å². The molecule has 1 N–H and O–H groups in total. The first-order valence-electron chi connectivity index (χ1n) is 8.41. The molecule has 27 heavy (non-hydrogen) atoms. The van der Waals surface area contributed by atoms with Crippen molar-refractivity contribution in [3.05, 3.63) is 77.2 Å². The van der Waals surface area contributed by atoms with Crippen LogP contribution in [0.5, 0.6) is 0 Å². The van der Waals surface area contributed by atoms with Gasteiger partial charge in [0.1, 0.15) is 0 Å². The van der Waals surface area contributed by atoms with Crippen LogP contribution in [0.15, 0.2) is 60.5 Å². The van der Waals surface area contributed by atoms with Crippen molar-refractivity contribution in [1.29, 1.82) is 0 Å². The molecule has 3 nitrogen and oxygen atoms in total. The Labute approximate surface area is 159 Å². The minimum Gasteiger partial charge on any atom is -0.462 e. The van der Waals surface area contributed by atoms with Crippen LogP contribution in [0.2, 0.25) is 0 Å². The zero-order chi connectivity index (χ0) is 19.4. The zero-order valence-corrected chi connectivity index (χ0v) is 15.4. The molecular weight excluding hydrogens is 375 g/mol. The number of rotatable bonds is 6. The van der Waals surface area contributed by atoms with Crippen molar-refractivity contribution in [2.75, 3.05) is 11.6 Å². The summed E-state index contributed by atoms with van der Waals surface area (Å²) < 4.78 is 45.1. The monoisotopic (exact) mass is 393 g/mol. The highest BCUT2D eigenvalue weighted by molar-refractivity contribution is 7.99. The van der Waals surface area contributed by atoms with Crippen LogP contribution in [-0.4, -0.2) is 17.4 Å². The Hall–Kier alpha value is -2.41. The molecule has 1 aliphatic heterocycles. The summed E-state index contributed by atoms with van der Waals surface area (Å²) in [4.78, 5) is 13.0.